The fraction of sp³-hybridized carbons (Fsp3) is 1.00. The summed E-state index contributed by atoms with van der Waals surface area (Å²) in [5, 5.41) is 0. The molecule has 0 atom stereocenters. The van der Waals surface area contributed by atoms with E-state index < -0.39 is 7.82 Å². The van der Waals surface area contributed by atoms with E-state index in [0.717, 1.165) is 19.3 Å². The topological polar surface area (TPSA) is 66.8 Å². The van der Waals surface area contributed by atoms with E-state index in [1.807, 2.05) is 0 Å². The molecule has 26 heavy (non-hydrogen) atoms. The summed E-state index contributed by atoms with van der Waals surface area (Å²) in [6.45, 7) is 2.44. The first kappa shape index (κ1) is 29.9. The van der Waals surface area contributed by atoms with Crippen molar-refractivity contribution in [2.24, 2.45) is 0 Å². The molecule has 0 aromatic heterocycles. The Morgan fingerprint density at radius 1 is 0.577 bits per heavy atom. The third-order valence-corrected chi connectivity index (χ3v) is 5.28. The monoisotopic (exact) mass is 418 g/mol. The van der Waals surface area contributed by atoms with Crippen molar-refractivity contribution in [2.75, 3.05) is 6.61 Å². The molecule has 154 valence electrons. The molecule has 6 heteroatoms. The van der Waals surface area contributed by atoms with Gasteiger partial charge in [0.2, 0.25) is 0 Å². The van der Waals surface area contributed by atoms with Crippen LogP contribution in [0.25, 0.3) is 0 Å². The molecule has 0 aromatic carbocycles. The van der Waals surface area contributed by atoms with Crippen LogP contribution in [-0.2, 0) is 9.09 Å². The molecule has 0 saturated heterocycles. The maximum atomic E-state index is 10.5. The SMILES string of the molecule is CCCCCCCCCCCCCCCCCCCCOP(=O)(O)O.[KH]. The van der Waals surface area contributed by atoms with Gasteiger partial charge < -0.3 is 9.79 Å². The number of hydrogen-bond acceptors (Lipinski definition) is 2. The molecule has 0 radical (unpaired) electrons. The van der Waals surface area contributed by atoms with Crippen molar-refractivity contribution < 1.29 is 18.9 Å². The standard InChI is InChI=1S/C20H43O4P.K.H/c1-2-3-4-5-6-7-8-9-10-11-12-13-14-15-16-17-18-19-20-24-25(21,22)23;;/h2-20H2,1H3,(H2,21,22,23);;. The zero-order valence-electron chi connectivity index (χ0n) is 16.6. The second-order valence-corrected chi connectivity index (χ2v) is 8.57. The number of rotatable bonds is 20. The molecule has 0 amide bonds. The summed E-state index contributed by atoms with van der Waals surface area (Å²) in [6, 6.07) is 0. The van der Waals surface area contributed by atoms with Crippen LogP contribution >= 0.6 is 7.82 Å². The maximum absolute atomic E-state index is 10.5. The van der Waals surface area contributed by atoms with E-state index >= 15 is 0 Å². The second-order valence-electron chi connectivity index (χ2n) is 7.33. The van der Waals surface area contributed by atoms with Crippen molar-refractivity contribution in [1.82, 2.24) is 0 Å². The van der Waals surface area contributed by atoms with Gasteiger partial charge in [0, 0.05) is 0 Å². The van der Waals surface area contributed by atoms with Crippen molar-refractivity contribution >= 4 is 59.2 Å². The molecule has 0 aliphatic carbocycles. The Kier molecular flexibility index (Phi) is 26.5. The van der Waals surface area contributed by atoms with Gasteiger partial charge in [0.1, 0.15) is 0 Å². The summed E-state index contributed by atoms with van der Waals surface area (Å²) in [5.74, 6) is 0. The molecule has 0 aromatic rings. The first-order valence-electron chi connectivity index (χ1n) is 10.8. The molecule has 0 heterocycles. The van der Waals surface area contributed by atoms with E-state index in [1.165, 1.54) is 96.3 Å². The third-order valence-electron chi connectivity index (χ3n) is 4.76. The van der Waals surface area contributed by atoms with Gasteiger partial charge in [0.05, 0.1) is 6.61 Å². The van der Waals surface area contributed by atoms with Crippen LogP contribution in [-0.4, -0.2) is 67.8 Å². The molecule has 0 rings (SSSR count). The van der Waals surface area contributed by atoms with Crippen molar-refractivity contribution in [1.29, 1.82) is 0 Å². The van der Waals surface area contributed by atoms with Crippen molar-refractivity contribution in [3.05, 3.63) is 0 Å². The van der Waals surface area contributed by atoms with Crippen LogP contribution in [0, 0.1) is 0 Å². The van der Waals surface area contributed by atoms with Crippen LogP contribution in [0.1, 0.15) is 122 Å². The van der Waals surface area contributed by atoms with Crippen molar-refractivity contribution in [2.45, 2.75) is 122 Å². The molecule has 0 unspecified atom stereocenters. The average molecular weight is 419 g/mol. The van der Waals surface area contributed by atoms with Gasteiger partial charge in [-0.2, -0.15) is 0 Å². The first-order valence-corrected chi connectivity index (χ1v) is 12.3. The van der Waals surface area contributed by atoms with Gasteiger partial charge in [0.15, 0.2) is 0 Å². The van der Waals surface area contributed by atoms with Crippen LogP contribution < -0.4 is 0 Å². The summed E-state index contributed by atoms with van der Waals surface area (Å²) in [6.07, 6.45) is 23.6. The number of phosphoric acid groups is 1. The van der Waals surface area contributed by atoms with E-state index in [0.29, 0.717) is 0 Å². The second kappa shape index (κ2) is 23.0. The molecule has 0 aliphatic rings. The Morgan fingerprint density at radius 3 is 1.12 bits per heavy atom. The summed E-state index contributed by atoms with van der Waals surface area (Å²) >= 11 is 0. The molecule has 0 aliphatic heterocycles. The van der Waals surface area contributed by atoms with Crippen LogP contribution in [0.4, 0.5) is 0 Å². The normalized spacial score (nSPS) is 11.5. The van der Waals surface area contributed by atoms with E-state index in [4.69, 9.17) is 9.79 Å². The van der Waals surface area contributed by atoms with Gasteiger partial charge in [0.25, 0.3) is 0 Å². The van der Waals surface area contributed by atoms with Crippen LogP contribution in [0.2, 0.25) is 0 Å². The van der Waals surface area contributed by atoms with Crippen molar-refractivity contribution in [3.8, 4) is 0 Å². The molecule has 2 N–H and O–H groups in total. The zero-order chi connectivity index (χ0) is 18.6. The van der Waals surface area contributed by atoms with Gasteiger partial charge >= 0.3 is 59.2 Å². The number of phosphoric ester groups is 1. The molecular weight excluding hydrogens is 374 g/mol. The molecular formula is C20H44KO4P. The Labute approximate surface area is 205 Å². The van der Waals surface area contributed by atoms with E-state index in [2.05, 4.69) is 11.4 Å². The van der Waals surface area contributed by atoms with Crippen LogP contribution in [0.3, 0.4) is 0 Å². The van der Waals surface area contributed by atoms with E-state index in [1.54, 1.807) is 0 Å². The number of unbranched alkanes of at least 4 members (excludes halogenated alkanes) is 17. The summed E-state index contributed by atoms with van der Waals surface area (Å²) in [7, 11) is -4.26. The van der Waals surface area contributed by atoms with Gasteiger partial charge in [-0.1, -0.05) is 116 Å². The minimum absolute atomic E-state index is 0. The van der Waals surface area contributed by atoms with Gasteiger partial charge in [-0.15, -0.1) is 0 Å². The van der Waals surface area contributed by atoms with Crippen molar-refractivity contribution in [3.63, 3.8) is 0 Å². The minimum atomic E-state index is -4.26. The van der Waals surface area contributed by atoms with Gasteiger partial charge in [-0.25, -0.2) is 4.57 Å². The Hall–Kier alpha value is 1.75. The van der Waals surface area contributed by atoms with E-state index in [-0.39, 0.29) is 58.0 Å². The Balaban J connectivity index is 0. The summed E-state index contributed by atoms with van der Waals surface area (Å²) in [4.78, 5) is 17.1. The summed E-state index contributed by atoms with van der Waals surface area (Å²) < 4.78 is 14.9. The first-order chi connectivity index (χ1) is 12.1. The fourth-order valence-electron chi connectivity index (χ4n) is 3.19. The number of hydrogen-bond donors (Lipinski definition) is 2. The fourth-order valence-corrected chi connectivity index (χ4v) is 3.55. The summed E-state index contributed by atoms with van der Waals surface area (Å²) in [5.41, 5.74) is 0. The predicted octanol–water partition coefficient (Wildman–Crippen LogP) is 6.49. The zero-order valence-corrected chi connectivity index (χ0v) is 17.5. The molecule has 0 spiro atoms. The van der Waals surface area contributed by atoms with Gasteiger partial charge in [-0.3, -0.25) is 4.52 Å². The molecule has 0 saturated carbocycles. The Bertz CT molecular complexity index is 310. The van der Waals surface area contributed by atoms with E-state index in [9.17, 15) is 4.57 Å². The average Bonchev–Trinajstić information content (AvgIpc) is 2.56. The predicted molar refractivity (Wildman–Crippen MR) is 114 cm³/mol. The van der Waals surface area contributed by atoms with Gasteiger partial charge in [-0.05, 0) is 6.42 Å². The molecule has 4 nitrogen and oxygen atoms in total. The van der Waals surface area contributed by atoms with Crippen LogP contribution in [0.15, 0.2) is 0 Å². The van der Waals surface area contributed by atoms with Crippen LogP contribution in [0.5, 0.6) is 0 Å². The Morgan fingerprint density at radius 2 is 0.846 bits per heavy atom. The molecule has 0 bridgehead atoms. The third kappa shape index (κ3) is 28.0. The quantitative estimate of drug-likeness (QED) is 0.135. The molecule has 0 fully saturated rings.